The molecule has 0 unspecified atom stereocenters. The quantitative estimate of drug-likeness (QED) is 0.590. The van der Waals surface area contributed by atoms with Gasteiger partial charge >= 0.3 is 0 Å². The lowest BCUT2D eigenvalue weighted by molar-refractivity contribution is -0.128. The molecule has 30 heavy (non-hydrogen) atoms. The van der Waals surface area contributed by atoms with Gasteiger partial charge in [-0.15, -0.1) is 0 Å². The Bertz CT molecular complexity index is 893. The molecular formula is C27H30N2O. The van der Waals surface area contributed by atoms with Gasteiger partial charge in [-0.25, -0.2) is 0 Å². The summed E-state index contributed by atoms with van der Waals surface area (Å²) < 4.78 is 0. The summed E-state index contributed by atoms with van der Waals surface area (Å²) in [6, 6.07) is 31.2. The Morgan fingerprint density at radius 2 is 1.20 bits per heavy atom. The molecular weight excluding hydrogens is 368 g/mol. The maximum Gasteiger partial charge on any atom is 0.159 e. The summed E-state index contributed by atoms with van der Waals surface area (Å²) >= 11 is 0. The van der Waals surface area contributed by atoms with Gasteiger partial charge in [-0.1, -0.05) is 91.0 Å². The van der Waals surface area contributed by atoms with E-state index in [1.807, 2.05) is 36.4 Å². The van der Waals surface area contributed by atoms with Crippen LogP contribution in [0.1, 0.15) is 23.6 Å². The Labute approximate surface area is 180 Å². The number of rotatable bonds is 7. The minimum absolute atomic E-state index is 0.178. The summed E-state index contributed by atoms with van der Waals surface area (Å²) in [7, 11) is 0. The third-order valence-corrected chi connectivity index (χ3v) is 6.30. The van der Waals surface area contributed by atoms with Crippen molar-refractivity contribution in [1.29, 1.82) is 0 Å². The fraction of sp³-hybridized carbons (Fsp3) is 0.296. The fourth-order valence-electron chi connectivity index (χ4n) is 4.76. The van der Waals surface area contributed by atoms with Crippen molar-refractivity contribution < 1.29 is 4.79 Å². The van der Waals surface area contributed by atoms with Gasteiger partial charge in [0.15, 0.2) is 5.78 Å². The maximum atomic E-state index is 13.3. The van der Waals surface area contributed by atoms with Crippen LogP contribution < -0.4 is 0 Å². The van der Waals surface area contributed by atoms with E-state index < -0.39 is 5.54 Å². The molecule has 3 aromatic rings. The molecule has 0 saturated carbocycles. The van der Waals surface area contributed by atoms with Gasteiger partial charge in [0.2, 0.25) is 0 Å². The van der Waals surface area contributed by atoms with E-state index in [1.165, 1.54) is 5.56 Å². The summed E-state index contributed by atoms with van der Waals surface area (Å²) in [6.07, 6.45) is 1.07. The van der Waals surface area contributed by atoms with E-state index in [2.05, 4.69) is 64.4 Å². The largest absolute Gasteiger partial charge is 0.300 e. The Balaban J connectivity index is 1.56. The predicted octanol–water partition coefficient (Wildman–Crippen LogP) is 4.38. The first-order valence-electron chi connectivity index (χ1n) is 10.8. The molecule has 0 spiro atoms. The van der Waals surface area contributed by atoms with Gasteiger partial charge in [0.1, 0.15) is 5.54 Å². The molecule has 3 nitrogen and oxygen atoms in total. The molecule has 3 aromatic carbocycles. The van der Waals surface area contributed by atoms with E-state index in [0.717, 1.165) is 50.3 Å². The highest BCUT2D eigenvalue weighted by Crippen LogP contribution is 2.37. The lowest BCUT2D eigenvalue weighted by Crippen LogP contribution is -2.59. The molecule has 154 valence electrons. The lowest BCUT2D eigenvalue weighted by Gasteiger charge is -2.47. The summed E-state index contributed by atoms with van der Waals surface area (Å²) in [4.78, 5) is 18.2. The third kappa shape index (κ3) is 4.09. The highest BCUT2D eigenvalue weighted by Gasteiger charge is 2.45. The molecule has 0 aromatic heterocycles. The Kier molecular flexibility index (Phi) is 6.41. The van der Waals surface area contributed by atoms with Crippen LogP contribution in [0.2, 0.25) is 0 Å². The maximum absolute atomic E-state index is 13.3. The monoisotopic (exact) mass is 398 g/mol. The van der Waals surface area contributed by atoms with Crippen molar-refractivity contribution in [2.24, 2.45) is 0 Å². The van der Waals surface area contributed by atoms with Crippen molar-refractivity contribution in [3.63, 3.8) is 0 Å². The van der Waals surface area contributed by atoms with E-state index in [9.17, 15) is 4.79 Å². The van der Waals surface area contributed by atoms with E-state index in [1.54, 1.807) is 6.92 Å². The molecule has 0 bridgehead atoms. The highest BCUT2D eigenvalue weighted by atomic mass is 16.1. The van der Waals surface area contributed by atoms with Gasteiger partial charge in [-0.05, 0) is 30.0 Å². The smallest absolute Gasteiger partial charge is 0.159 e. The van der Waals surface area contributed by atoms with Crippen molar-refractivity contribution in [1.82, 2.24) is 9.80 Å². The average molecular weight is 399 g/mol. The first kappa shape index (κ1) is 20.5. The lowest BCUT2D eigenvalue weighted by atomic mass is 9.77. The number of ketones is 1. The molecule has 0 aliphatic carbocycles. The first-order valence-corrected chi connectivity index (χ1v) is 10.8. The third-order valence-electron chi connectivity index (χ3n) is 6.30. The summed E-state index contributed by atoms with van der Waals surface area (Å²) in [5.74, 6) is 0.178. The SMILES string of the molecule is CC(=O)C(c1ccccc1)(c1ccccc1)N1CCN(CCc2ccccc2)CC1. The molecule has 1 saturated heterocycles. The molecule has 3 heteroatoms. The number of Topliss-reactive ketones (excluding diaryl/α,β-unsaturated/α-hetero) is 1. The Hall–Kier alpha value is -2.75. The topological polar surface area (TPSA) is 23.6 Å². The van der Waals surface area contributed by atoms with Crippen molar-refractivity contribution in [3.05, 3.63) is 108 Å². The minimum Gasteiger partial charge on any atom is -0.300 e. The van der Waals surface area contributed by atoms with Crippen LogP contribution in [0.5, 0.6) is 0 Å². The zero-order valence-corrected chi connectivity index (χ0v) is 17.7. The van der Waals surface area contributed by atoms with E-state index in [4.69, 9.17) is 0 Å². The number of carbonyl (C=O) groups is 1. The number of nitrogens with zero attached hydrogens (tertiary/aromatic N) is 2. The van der Waals surface area contributed by atoms with Crippen LogP contribution >= 0.6 is 0 Å². The molecule has 1 aliphatic rings. The predicted molar refractivity (Wildman–Crippen MR) is 123 cm³/mol. The van der Waals surface area contributed by atoms with Crippen molar-refractivity contribution in [2.45, 2.75) is 18.9 Å². The molecule has 4 rings (SSSR count). The molecule has 0 N–H and O–H groups in total. The molecule has 1 fully saturated rings. The standard InChI is InChI=1S/C27H30N2O/c1-23(30)27(25-13-7-3-8-14-25,26-15-9-4-10-16-26)29-21-19-28(20-22-29)18-17-24-11-5-2-6-12-24/h2-16H,17-22H2,1H3. The van der Waals surface area contributed by atoms with Crippen LogP contribution in [-0.2, 0) is 16.8 Å². The zero-order chi connectivity index (χ0) is 20.8. The van der Waals surface area contributed by atoms with Crippen LogP contribution in [0.4, 0.5) is 0 Å². The van der Waals surface area contributed by atoms with Gasteiger partial charge in [-0.3, -0.25) is 9.69 Å². The van der Waals surface area contributed by atoms with Crippen LogP contribution in [0, 0.1) is 0 Å². The number of hydrogen-bond donors (Lipinski definition) is 0. The molecule has 1 aliphatic heterocycles. The molecule has 1 heterocycles. The second kappa shape index (κ2) is 9.38. The Morgan fingerprint density at radius 3 is 1.67 bits per heavy atom. The van der Waals surface area contributed by atoms with Crippen LogP contribution in [0.3, 0.4) is 0 Å². The number of hydrogen-bond acceptors (Lipinski definition) is 3. The number of piperazine rings is 1. The first-order chi connectivity index (χ1) is 14.7. The zero-order valence-electron chi connectivity index (χ0n) is 17.7. The van der Waals surface area contributed by atoms with Gasteiger partial charge in [0.05, 0.1) is 0 Å². The van der Waals surface area contributed by atoms with Gasteiger partial charge in [0.25, 0.3) is 0 Å². The van der Waals surface area contributed by atoms with E-state index in [-0.39, 0.29) is 5.78 Å². The second-order valence-corrected chi connectivity index (χ2v) is 8.06. The van der Waals surface area contributed by atoms with E-state index in [0.29, 0.717) is 0 Å². The van der Waals surface area contributed by atoms with Crippen molar-refractivity contribution >= 4 is 5.78 Å². The summed E-state index contributed by atoms with van der Waals surface area (Å²) in [5.41, 5.74) is 2.77. The fourth-order valence-corrected chi connectivity index (χ4v) is 4.76. The van der Waals surface area contributed by atoms with Gasteiger partial charge in [0, 0.05) is 32.7 Å². The van der Waals surface area contributed by atoms with Crippen molar-refractivity contribution in [3.8, 4) is 0 Å². The van der Waals surface area contributed by atoms with Crippen LogP contribution in [-0.4, -0.2) is 48.3 Å². The average Bonchev–Trinajstić information content (AvgIpc) is 2.81. The number of benzene rings is 3. The highest BCUT2D eigenvalue weighted by molar-refractivity contribution is 5.91. The van der Waals surface area contributed by atoms with Gasteiger partial charge in [-0.2, -0.15) is 0 Å². The summed E-state index contributed by atoms with van der Waals surface area (Å²) in [5, 5.41) is 0. The number of carbonyl (C=O) groups excluding carboxylic acids is 1. The normalized spacial score (nSPS) is 15.8. The molecule has 0 amide bonds. The van der Waals surface area contributed by atoms with Crippen molar-refractivity contribution in [2.75, 3.05) is 32.7 Å². The van der Waals surface area contributed by atoms with Crippen LogP contribution in [0.25, 0.3) is 0 Å². The van der Waals surface area contributed by atoms with Gasteiger partial charge < -0.3 is 4.90 Å². The molecule has 0 radical (unpaired) electrons. The summed E-state index contributed by atoms with van der Waals surface area (Å²) in [6.45, 7) is 6.49. The van der Waals surface area contributed by atoms with Crippen LogP contribution in [0.15, 0.2) is 91.0 Å². The second-order valence-electron chi connectivity index (χ2n) is 8.06. The molecule has 0 atom stereocenters. The minimum atomic E-state index is -0.728. The Morgan fingerprint density at radius 1 is 0.733 bits per heavy atom. The van der Waals surface area contributed by atoms with E-state index >= 15 is 0 Å².